The van der Waals surface area contributed by atoms with Crippen LogP contribution in [0.2, 0.25) is 0 Å². The predicted octanol–water partition coefficient (Wildman–Crippen LogP) is 2.37. The molecule has 1 aromatic carbocycles. The Labute approximate surface area is 169 Å². The topological polar surface area (TPSA) is 109 Å². The Morgan fingerprint density at radius 2 is 1.86 bits per heavy atom. The molecule has 1 aliphatic rings. The van der Waals surface area contributed by atoms with Crippen LogP contribution in [-0.2, 0) is 6.54 Å². The molecule has 0 amide bonds. The zero-order valence-electron chi connectivity index (χ0n) is 16.7. The third kappa shape index (κ3) is 4.87. The molecule has 1 saturated heterocycles. The maximum atomic E-state index is 5.95. The van der Waals surface area contributed by atoms with E-state index in [1.807, 2.05) is 43.3 Å². The van der Waals surface area contributed by atoms with Crippen LogP contribution >= 0.6 is 0 Å². The fourth-order valence-electron chi connectivity index (χ4n) is 3.49. The number of benzene rings is 1. The van der Waals surface area contributed by atoms with Crippen molar-refractivity contribution in [3.63, 3.8) is 0 Å². The van der Waals surface area contributed by atoms with Crippen LogP contribution in [0, 0.1) is 6.92 Å². The van der Waals surface area contributed by atoms with E-state index in [0.29, 0.717) is 11.8 Å². The van der Waals surface area contributed by atoms with Gasteiger partial charge in [-0.1, -0.05) is 23.4 Å². The smallest absolute Gasteiger partial charge is 0.232 e. The highest BCUT2D eigenvalue weighted by atomic mass is 16.5. The molecule has 0 saturated carbocycles. The van der Waals surface area contributed by atoms with Gasteiger partial charge in [0.25, 0.3) is 0 Å². The largest absolute Gasteiger partial charge is 0.368 e. The minimum atomic E-state index is 0.0475. The minimum Gasteiger partial charge on any atom is -0.368 e. The summed E-state index contributed by atoms with van der Waals surface area (Å²) in [7, 11) is 0. The van der Waals surface area contributed by atoms with E-state index in [9.17, 15) is 0 Å². The molecule has 9 nitrogen and oxygen atoms in total. The van der Waals surface area contributed by atoms with E-state index in [2.05, 4.69) is 42.1 Å². The lowest BCUT2D eigenvalue weighted by atomic mass is 10.2. The van der Waals surface area contributed by atoms with Gasteiger partial charge in [0.2, 0.25) is 11.9 Å². The first-order valence-corrected chi connectivity index (χ1v) is 9.79. The molecule has 1 atom stereocenters. The van der Waals surface area contributed by atoms with Crippen molar-refractivity contribution in [1.29, 1.82) is 0 Å². The number of nitrogens with one attached hydrogen (secondary N) is 1. The summed E-state index contributed by atoms with van der Waals surface area (Å²) in [5.41, 5.74) is 7.77. The van der Waals surface area contributed by atoms with E-state index in [-0.39, 0.29) is 12.0 Å². The monoisotopic (exact) mass is 394 g/mol. The second kappa shape index (κ2) is 8.54. The van der Waals surface area contributed by atoms with Gasteiger partial charge in [0.05, 0.1) is 18.3 Å². The van der Waals surface area contributed by atoms with Crippen LogP contribution in [0.25, 0.3) is 0 Å². The number of aromatic nitrogens is 4. The van der Waals surface area contributed by atoms with Crippen molar-refractivity contribution in [3.8, 4) is 0 Å². The number of rotatable bonds is 6. The Hall–Kier alpha value is -3.04. The van der Waals surface area contributed by atoms with E-state index >= 15 is 0 Å². The second-order valence-electron chi connectivity index (χ2n) is 7.29. The van der Waals surface area contributed by atoms with Crippen molar-refractivity contribution in [2.24, 2.45) is 0 Å². The lowest BCUT2D eigenvalue weighted by Crippen LogP contribution is -2.46. The third-order valence-electron chi connectivity index (χ3n) is 5.08. The van der Waals surface area contributed by atoms with Crippen LogP contribution in [-0.4, -0.2) is 56.1 Å². The van der Waals surface area contributed by atoms with E-state index in [1.54, 1.807) is 0 Å². The quantitative estimate of drug-likeness (QED) is 0.651. The zero-order chi connectivity index (χ0) is 20.2. The lowest BCUT2D eigenvalue weighted by Gasteiger charge is -2.37. The first-order chi connectivity index (χ1) is 14.1. The van der Waals surface area contributed by atoms with Gasteiger partial charge < -0.3 is 15.6 Å². The highest BCUT2D eigenvalue weighted by molar-refractivity contribution is 5.53. The fourth-order valence-corrected chi connectivity index (χ4v) is 3.49. The maximum absolute atomic E-state index is 5.95. The number of aryl methyl sites for hydroxylation is 1. The first kappa shape index (κ1) is 19.3. The van der Waals surface area contributed by atoms with Gasteiger partial charge >= 0.3 is 0 Å². The average molecular weight is 394 g/mol. The Kier molecular flexibility index (Phi) is 5.68. The molecule has 152 valence electrons. The van der Waals surface area contributed by atoms with Crippen molar-refractivity contribution >= 4 is 17.6 Å². The molecule has 3 heterocycles. The van der Waals surface area contributed by atoms with Crippen LogP contribution in [0.5, 0.6) is 0 Å². The van der Waals surface area contributed by atoms with E-state index in [0.717, 1.165) is 49.9 Å². The molecule has 1 unspecified atom stereocenters. The normalized spacial score (nSPS) is 16.6. The summed E-state index contributed by atoms with van der Waals surface area (Å²) in [5, 5.41) is 7.15. The SMILES string of the molecule is Cc1cc(CN2CCN(C(C)c3nc(N)nc(Nc4ccccc4)n3)CC2)on1. The Morgan fingerprint density at radius 3 is 2.55 bits per heavy atom. The highest BCUT2D eigenvalue weighted by Crippen LogP contribution is 2.22. The van der Waals surface area contributed by atoms with Crippen molar-refractivity contribution in [2.75, 3.05) is 37.2 Å². The standard InChI is InChI=1S/C20H26N8O/c1-14-12-17(29-26-14)13-27-8-10-28(11-9-27)15(2)18-23-19(21)25-20(24-18)22-16-6-4-3-5-7-16/h3-7,12,15H,8-11,13H2,1-2H3,(H3,21,22,23,24,25). The van der Waals surface area contributed by atoms with E-state index in [1.165, 1.54) is 0 Å². The number of nitrogen functional groups attached to an aromatic ring is 1. The molecule has 1 aliphatic heterocycles. The summed E-state index contributed by atoms with van der Waals surface area (Å²) in [6, 6.07) is 11.8. The lowest BCUT2D eigenvalue weighted by molar-refractivity contribution is 0.0889. The Bertz CT molecular complexity index is 937. The van der Waals surface area contributed by atoms with Crippen LogP contribution in [0.3, 0.4) is 0 Å². The molecule has 0 spiro atoms. The molecular formula is C20H26N8O. The number of hydrogen-bond acceptors (Lipinski definition) is 9. The number of anilines is 3. The van der Waals surface area contributed by atoms with Gasteiger partial charge in [0, 0.05) is 37.9 Å². The molecular weight excluding hydrogens is 368 g/mol. The predicted molar refractivity (Wildman–Crippen MR) is 110 cm³/mol. The first-order valence-electron chi connectivity index (χ1n) is 9.79. The van der Waals surface area contributed by atoms with Gasteiger partial charge in [-0.15, -0.1) is 0 Å². The van der Waals surface area contributed by atoms with Crippen molar-refractivity contribution in [2.45, 2.75) is 26.4 Å². The minimum absolute atomic E-state index is 0.0475. The van der Waals surface area contributed by atoms with Gasteiger partial charge in [-0.3, -0.25) is 9.80 Å². The number of nitrogens with two attached hydrogens (primary N) is 1. The van der Waals surface area contributed by atoms with Crippen LogP contribution in [0.15, 0.2) is 40.9 Å². The number of nitrogens with zero attached hydrogens (tertiary/aromatic N) is 6. The number of piperazine rings is 1. The van der Waals surface area contributed by atoms with E-state index in [4.69, 9.17) is 10.3 Å². The summed E-state index contributed by atoms with van der Waals surface area (Å²) in [6.07, 6.45) is 0. The molecule has 0 aliphatic carbocycles. The van der Waals surface area contributed by atoms with Gasteiger partial charge in [-0.25, -0.2) is 0 Å². The molecule has 4 rings (SSSR count). The summed E-state index contributed by atoms with van der Waals surface area (Å²) in [4.78, 5) is 17.9. The van der Waals surface area contributed by atoms with Gasteiger partial charge in [-0.2, -0.15) is 15.0 Å². The van der Waals surface area contributed by atoms with Gasteiger partial charge in [0.15, 0.2) is 11.6 Å². The third-order valence-corrected chi connectivity index (χ3v) is 5.08. The van der Waals surface area contributed by atoms with Crippen molar-refractivity contribution in [1.82, 2.24) is 29.9 Å². The maximum Gasteiger partial charge on any atom is 0.232 e. The zero-order valence-corrected chi connectivity index (χ0v) is 16.7. The molecule has 29 heavy (non-hydrogen) atoms. The second-order valence-corrected chi connectivity index (χ2v) is 7.29. The van der Waals surface area contributed by atoms with Crippen LogP contribution < -0.4 is 11.1 Å². The Balaban J connectivity index is 1.38. The Morgan fingerprint density at radius 1 is 1.10 bits per heavy atom. The molecule has 0 bridgehead atoms. The van der Waals surface area contributed by atoms with E-state index < -0.39 is 0 Å². The molecule has 3 N–H and O–H groups in total. The molecule has 3 aromatic rings. The number of hydrogen-bond donors (Lipinski definition) is 2. The van der Waals surface area contributed by atoms with Crippen molar-refractivity contribution in [3.05, 3.63) is 53.7 Å². The molecule has 1 fully saturated rings. The fraction of sp³-hybridized carbons (Fsp3) is 0.400. The van der Waals surface area contributed by atoms with Gasteiger partial charge in [0.1, 0.15) is 0 Å². The molecule has 9 heteroatoms. The summed E-state index contributed by atoms with van der Waals surface area (Å²) in [5.74, 6) is 2.27. The number of para-hydroxylation sites is 1. The molecule has 2 aromatic heterocycles. The van der Waals surface area contributed by atoms with Crippen LogP contribution in [0.1, 0.15) is 30.2 Å². The average Bonchev–Trinajstić information content (AvgIpc) is 3.13. The summed E-state index contributed by atoms with van der Waals surface area (Å²) < 4.78 is 5.33. The van der Waals surface area contributed by atoms with Crippen LogP contribution in [0.4, 0.5) is 17.6 Å². The van der Waals surface area contributed by atoms with Gasteiger partial charge in [-0.05, 0) is 26.0 Å². The highest BCUT2D eigenvalue weighted by Gasteiger charge is 2.25. The van der Waals surface area contributed by atoms with Crippen molar-refractivity contribution < 1.29 is 4.52 Å². The summed E-state index contributed by atoms with van der Waals surface area (Å²) in [6.45, 7) is 8.56. The molecule has 0 radical (unpaired) electrons. The summed E-state index contributed by atoms with van der Waals surface area (Å²) >= 11 is 0.